The number of hydrogen-bond donors (Lipinski definition) is 2. The van der Waals surface area contributed by atoms with Gasteiger partial charge in [-0.05, 0) is 57.0 Å². The van der Waals surface area contributed by atoms with Crippen LogP contribution in [0.1, 0.15) is 45.7 Å². The largest absolute Gasteiger partial charge is 0.333 e. The molecule has 0 radical (unpaired) electrons. The Morgan fingerprint density at radius 1 is 1.13 bits per heavy atom. The van der Waals surface area contributed by atoms with E-state index >= 15 is 0 Å². The number of hydrogen-bond acceptors (Lipinski definition) is 2. The zero-order chi connectivity index (χ0) is 22.1. The number of carbonyl (C=O) groups excluding carboxylic acids is 1. The quantitative estimate of drug-likeness (QED) is 0.584. The number of allylic oxidation sites excluding steroid dienone is 2. The molecule has 0 bridgehead atoms. The lowest BCUT2D eigenvalue weighted by Gasteiger charge is -2.25. The predicted molar refractivity (Wildman–Crippen MR) is 108 cm³/mol. The summed E-state index contributed by atoms with van der Waals surface area (Å²) in [5.74, 6) is -4.13. The van der Waals surface area contributed by atoms with Crippen LogP contribution in [0, 0.1) is 11.6 Å². The molecule has 1 aromatic carbocycles. The number of nitrogens with one attached hydrogen (secondary N) is 2. The second kappa shape index (κ2) is 8.08. The fourth-order valence-corrected chi connectivity index (χ4v) is 3.25. The molecular weight excluding hydrogens is 398 g/mol. The monoisotopic (exact) mass is 421 g/mol. The van der Waals surface area contributed by atoms with Gasteiger partial charge in [0.1, 0.15) is 11.6 Å². The molecule has 0 spiro atoms. The van der Waals surface area contributed by atoms with E-state index < -0.39 is 35.5 Å². The van der Waals surface area contributed by atoms with E-state index in [1.165, 1.54) is 18.3 Å². The van der Waals surface area contributed by atoms with Crippen LogP contribution in [0.2, 0.25) is 0 Å². The highest BCUT2D eigenvalue weighted by atomic mass is 19.3. The summed E-state index contributed by atoms with van der Waals surface area (Å²) in [5, 5.41) is 5.40. The van der Waals surface area contributed by atoms with Gasteiger partial charge in [-0.15, -0.1) is 0 Å². The van der Waals surface area contributed by atoms with Crippen LogP contribution in [0.5, 0.6) is 0 Å². The Hall–Kier alpha value is -2.90. The van der Waals surface area contributed by atoms with E-state index in [4.69, 9.17) is 0 Å². The number of halogens is 4. The SMILES string of the molecule is CC(C)(C)NC(=O)Nc1c(-c2cc(F)ccc2F)ccnc1C1=CCC(F)(F)CC1. The maximum Gasteiger partial charge on any atom is 0.319 e. The molecule has 3 rings (SSSR count). The van der Waals surface area contributed by atoms with Crippen LogP contribution in [0.4, 0.5) is 28.0 Å². The number of amides is 2. The standard InChI is InChI=1S/C22H23F4N3O/c1-21(2,3)29-20(30)28-19-15(16-12-14(23)4-5-17(16)24)8-11-27-18(19)13-6-9-22(25,26)10-7-13/h4-6,8,11-12H,7,9-10H2,1-3H3,(H2,28,29,30). The van der Waals surface area contributed by atoms with Crippen LogP contribution in [0.3, 0.4) is 0 Å². The molecule has 8 heteroatoms. The first-order valence-corrected chi connectivity index (χ1v) is 9.56. The van der Waals surface area contributed by atoms with Crippen LogP contribution in [0.25, 0.3) is 16.7 Å². The first-order valence-electron chi connectivity index (χ1n) is 9.56. The highest BCUT2D eigenvalue weighted by molar-refractivity contribution is 5.98. The normalized spacial score (nSPS) is 16.0. The molecule has 0 saturated carbocycles. The number of aromatic nitrogens is 1. The van der Waals surface area contributed by atoms with Gasteiger partial charge < -0.3 is 10.6 Å². The van der Waals surface area contributed by atoms with E-state index in [9.17, 15) is 22.4 Å². The summed E-state index contributed by atoms with van der Waals surface area (Å²) in [7, 11) is 0. The number of carbonyl (C=O) groups is 1. The van der Waals surface area contributed by atoms with Crippen molar-refractivity contribution in [2.45, 2.75) is 51.5 Å². The maximum atomic E-state index is 14.5. The third kappa shape index (κ3) is 5.17. The van der Waals surface area contributed by atoms with Gasteiger partial charge in [-0.2, -0.15) is 0 Å². The molecule has 0 saturated heterocycles. The number of rotatable bonds is 3. The van der Waals surface area contributed by atoms with E-state index in [1.54, 1.807) is 20.8 Å². The van der Waals surface area contributed by atoms with Crippen LogP contribution in [-0.4, -0.2) is 22.5 Å². The van der Waals surface area contributed by atoms with Crippen molar-refractivity contribution in [3.63, 3.8) is 0 Å². The molecule has 1 aromatic heterocycles. The Morgan fingerprint density at radius 3 is 2.50 bits per heavy atom. The summed E-state index contributed by atoms with van der Waals surface area (Å²) in [6.07, 6.45) is 2.01. The molecule has 2 N–H and O–H groups in total. The fourth-order valence-electron chi connectivity index (χ4n) is 3.25. The van der Waals surface area contributed by atoms with Crippen molar-refractivity contribution < 1.29 is 22.4 Å². The molecule has 0 unspecified atom stereocenters. The van der Waals surface area contributed by atoms with Gasteiger partial charge in [0.05, 0.1) is 11.4 Å². The summed E-state index contributed by atoms with van der Waals surface area (Å²) in [5.41, 5.74) is 0.510. The van der Waals surface area contributed by atoms with E-state index in [0.717, 1.165) is 18.2 Å². The smallest absolute Gasteiger partial charge is 0.319 e. The lowest BCUT2D eigenvalue weighted by molar-refractivity contribution is -0.00605. The molecule has 160 valence electrons. The molecule has 4 nitrogen and oxygen atoms in total. The average Bonchev–Trinajstić information content (AvgIpc) is 2.63. The predicted octanol–water partition coefficient (Wildman–Crippen LogP) is 6.15. The summed E-state index contributed by atoms with van der Waals surface area (Å²) >= 11 is 0. The Balaban J connectivity index is 2.12. The molecule has 1 aliphatic carbocycles. The van der Waals surface area contributed by atoms with Gasteiger partial charge in [0.25, 0.3) is 5.92 Å². The summed E-state index contributed by atoms with van der Waals surface area (Å²) in [4.78, 5) is 16.8. The molecule has 2 aromatic rings. The molecule has 0 aliphatic heterocycles. The lowest BCUT2D eigenvalue weighted by atomic mass is 9.91. The van der Waals surface area contributed by atoms with Crippen molar-refractivity contribution in [3.8, 4) is 11.1 Å². The van der Waals surface area contributed by atoms with Crippen LogP contribution in [-0.2, 0) is 0 Å². The van der Waals surface area contributed by atoms with Gasteiger partial charge >= 0.3 is 6.03 Å². The van der Waals surface area contributed by atoms with Gasteiger partial charge in [0.2, 0.25) is 0 Å². The Morgan fingerprint density at radius 2 is 1.87 bits per heavy atom. The van der Waals surface area contributed by atoms with Crippen LogP contribution < -0.4 is 10.6 Å². The van der Waals surface area contributed by atoms with Crippen LogP contribution >= 0.6 is 0 Å². The number of urea groups is 1. The zero-order valence-corrected chi connectivity index (χ0v) is 17.0. The van der Waals surface area contributed by atoms with Crippen molar-refractivity contribution in [1.82, 2.24) is 10.3 Å². The summed E-state index contributed by atoms with van der Waals surface area (Å²) in [6.45, 7) is 5.36. The Bertz CT molecular complexity index is 996. The number of nitrogens with zero attached hydrogens (tertiary/aromatic N) is 1. The first-order chi connectivity index (χ1) is 14.0. The van der Waals surface area contributed by atoms with Crippen molar-refractivity contribution in [3.05, 3.63) is 53.9 Å². The Kier molecular flexibility index (Phi) is 5.87. The van der Waals surface area contributed by atoms with Gasteiger partial charge in [-0.25, -0.2) is 22.4 Å². The van der Waals surface area contributed by atoms with Gasteiger partial charge in [0.15, 0.2) is 0 Å². The molecule has 0 fully saturated rings. The molecule has 30 heavy (non-hydrogen) atoms. The highest BCUT2D eigenvalue weighted by Crippen LogP contribution is 2.41. The van der Waals surface area contributed by atoms with Crippen molar-refractivity contribution in [2.75, 3.05) is 5.32 Å². The van der Waals surface area contributed by atoms with E-state index in [1.807, 2.05) is 0 Å². The minimum Gasteiger partial charge on any atom is -0.333 e. The van der Waals surface area contributed by atoms with E-state index in [2.05, 4.69) is 15.6 Å². The van der Waals surface area contributed by atoms with Gasteiger partial charge in [0, 0.05) is 35.7 Å². The van der Waals surface area contributed by atoms with Gasteiger partial charge in [-0.1, -0.05) is 6.08 Å². The first kappa shape index (κ1) is 21.8. The zero-order valence-electron chi connectivity index (χ0n) is 17.0. The van der Waals surface area contributed by atoms with Crippen molar-refractivity contribution in [2.24, 2.45) is 0 Å². The molecule has 2 amide bonds. The lowest BCUT2D eigenvalue weighted by Crippen LogP contribution is -2.43. The van der Waals surface area contributed by atoms with E-state index in [0.29, 0.717) is 5.57 Å². The fraction of sp³-hybridized carbons (Fsp3) is 0.364. The molecule has 1 heterocycles. The molecule has 0 atom stereocenters. The van der Waals surface area contributed by atoms with E-state index in [-0.39, 0.29) is 35.3 Å². The third-order valence-corrected chi connectivity index (χ3v) is 4.61. The molecule has 1 aliphatic rings. The Labute approximate surface area is 172 Å². The third-order valence-electron chi connectivity index (χ3n) is 4.61. The second-order valence-electron chi connectivity index (χ2n) is 8.32. The minimum atomic E-state index is -2.80. The number of alkyl halides is 2. The summed E-state index contributed by atoms with van der Waals surface area (Å²) in [6, 6.07) is 3.88. The number of anilines is 1. The minimum absolute atomic E-state index is 0.0463. The summed E-state index contributed by atoms with van der Waals surface area (Å²) < 4.78 is 55.5. The average molecular weight is 421 g/mol. The number of pyridine rings is 1. The second-order valence-corrected chi connectivity index (χ2v) is 8.32. The number of benzene rings is 1. The van der Waals surface area contributed by atoms with Crippen molar-refractivity contribution in [1.29, 1.82) is 0 Å². The highest BCUT2D eigenvalue weighted by Gasteiger charge is 2.32. The van der Waals surface area contributed by atoms with Crippen LogP contribution in [0.15, 0.2) is 36.5 Å². The van der Waals surface area contributed by atoms with Gasteiger partial charge in [-0.3, -0.25) is 4.98 Å². The topological polar surface area (TPSA) is 54.0 Å². The molecular formula is C22H23F4N3O. The van der Waals surface area contributed by atoms with Crippen molar-refractivity contribution >= 4 is 17.3 Å². The maximum absolute atomic E-state index is 14.5.